The Morgan fingerprint density at radius 3 is 1.41 bits per heavy atom. The second-order valence-electron chi connectivity index (χ2n) is 12.5. The van der Waals surface area contributed by atoms with Crippen LogP contribution in [-0.2, 0) is 16.4 Å². The van der Waals surface area contributed by atoms with E-state index in [9.17, 15) is 15.3 Å². The van der Waals surface area contributed by atoms with Crippen molar-refractivity contribution < 1.29 is 26.6 Å². The molecule has 0 saturated heterocycles. The number of hydrogen-bond acceptors (Lipinski definition) is 5. The van der Waals surface area contributed by atoms with E-state index < -0.39 is 0 Å². The monoisotopic (exact) mass is 591 g/mol. The Morgan fingerprint density at radius 2 is 0.955 bits per heavy atom. The van der Waals surface area contributed by atoms with Crippen LogP contribution in [0, 0.1) is 0 Å². The first-order valence-corrected chi connectivity index (χ1v) is 14.7. The van der Waals surface area contributed by atoms with Gasteiger partial charge >= 0.3 is 1.43 Å². The molecule has 0 saturated carbocycles. The summed E-state index contributed by atoms with van der Waals surface area (Å²) in [6.07, 6.45) is 0.905. The molecule has 1 aliphatic heterocycles. The van der Waals surface area contributed by atoms with Crippen LogP contribution in [0.25, 0.3) is 0 Å². The highest BCUT2D eigenvalue weighted by Gasteiger charge is 2.42. The SMILES string of the molecule is CC(C)(c1ccc(O)cc1)c1ccc(O)cc1.CC1(C)CC(C)(c2ccc(O)cc2)Oc2ccccc21.Oc1ccccc1.[H+]. The van der Waals surface area contributed by atoms with Crippen LogP contribution < -0.4 is 4.74 Å². The molecule has 228 valence electrons. The van der Waals surface area contributed by atoms with Crippen molar-refractivity contribution in [3.05, 3.63) is 150 Å². The number of para-hydroxylation sites is 2. The standard InChI is InChI=1S/C18H20O2.C15H16O2.C6H6O/c1-17(2)12-18(3,13-8-10-14(19)11-9-13)20-16-7-5-4-6-15(16)17;1-15(2,11-3-7-13(16)8-4-11)12-5-9-14(17)10-6-12;7-6-4-2-1-3-5-6/h4-11,19H,12H2,1-3H3;3-10,16-17H,1-2H3;1-5,7H/p+1. The lowest BCUT2D eigenvalue weighted by Crippen LogP contribution is -2.41. The predicted molar refractivity (Wildman–Crippen MR) is 178 cm³/mol. The molecule has 6 rings (SSSR count). The average molecular weight is 592 g/mol. The first kappa shape index (κ1) is 32.0. The molecule has 0 amide bonds. The van der Waals surface area contributed by atoms with Crippen molar-refractivity contribution in [1.29, 1.82) is 0 Å². The molecule has 4 N–H and O–H groups in total. The van der Waals surface area contributed by atoms with Crippen molar-refractivity contribution in [3.8, 4) is 28.7 Å². The molecule has 0 spiro atoms. The van der Waals surface area contributed by atoms with Gasteiger partial charge in [-0.1, -0.05) is 100 Å². The molecule has 0 aromatic heterocycles. The van der Waals surface area contributed by atoms with Gasteiger partial charge in [-0.25, -0.2) is 0 Å². The van der Waals surface area contributed by atoms with E-state index in [4.69, 9.17) is 9.84 Å². The molecule has 0 fully saturated rings. The first-order chi connectivity index (χ1) is 20.8. The van der Waals surface area contributed by atoms with Gasteiger partial charge in [0.25, 0.3) is 0 Å². The van der Waals surface area contributed by atoms with Gasteiger partial charge in [-0.2, -0.15) is 0 Å². The molecular formula is C39H43O5+. The summed E-state index contributed by atoms with van der Waals surface area (Å²) in [7, 11) is 0. The highest BCUT2D eigenvalue weighted by atomic mass is 16.5. The number of fused-ring (bicyclic) bond motifs is 1. The third kappa shape index (κ3) is 7.73. The van der Waals surface area contributed by atoms with Gasteiger partial charge in [-0.15, -0.1) is 0 Å². The number of aromatic hydroxyl groups is 4. The van der Waals surface area contributed by atoms with E-state index in [0.717, 1.165) is 28.9 Å². The molecule has 0 aliphatic carbocycles. The van der Waals surface area contributed by atoms with E-state index in [1.54, 1.807) is 60.7 Å². The largest absolute Gasteiger partial charge is 1.00 e. The van der Waals surface area contributed by atoms with E-state index >= 15 is 0 Å². The van der Waals surface area contributed by atoms with E-state index in [1.807, 2.05) is 54.6 Å². The lowest BCUT2D eigenvalue weighted by molar-refractivity contribution is 0.0325. The number of phenols is 4. The Balaban J connectivity index is 0.000000201. The third-order valence-electron chi connectivity index (χ3n) is 8.14. The van der Waals surface area contributed by atoms with Crippen molar-refractivity contribution in [3.63, 3.8) is 0 Å². The molecule has 44 heavy (non-hydrogen) atoms. The molecule has 5 nitrogen and oxygen atoms in total. The molecule has 1 aliphatic rings. The van der Waals surface area contributed by atoms with Crippen LogP contribution in [0.2, 0.25) is 0 Å². The van der Waals surface area contributed by atoms with Gasteiger partial charge < -0.3 is 25.2 Å². The summed E-state index contributed by atoms with van der Waals surface area (Å²) in [5.41, 5.74) is 4.14. The zero-order chi connectivity index (χ0) is 32.0. The summed E-state index contributed by atoms with van der Waals surface area (Å²) in [5.74, 6) is 2.11. The van der Waals surface area contributed by atoms with E-state index in [2.05, 4.69) is 46.8 Å². The van der Waals surface area contributed by atoms with Crippen LogP contribution in [0.5, 0.6) is 28.7 Å². The maximum atomic E-state index is 9.46. The summed E-state index contributed by atoms with van der Waals surface area (Å²) >= 11 is 0. The van der Waals surface area contributed by atoms with Crippen LogP contribution in [0.15, 0.2) is 127 Å². The van der Waals surface area contributed by atoms with Gasteiger partial charge in [0.1, 0.15) is 34.3 Å². The minimum Gasteiger partial charge on any atom is -0.508 e. The lowest BCUT2D eigenvalue weighted by atomic mass is 9.71. The second-order valence-corrected chi connectivity index (χ2v) is 12.5. The highest BCUT2D eigenvalue weighted by molar-refractivity contribution is 5.44. The third-order valence-corrected chi connectivity index (χ3v) is 8.14. The Hall–Kier alpha value is -4.90. The molecule has 1 heterocycles. The summed E-state index contributed by atoms with van der Waals surface area (Å²) < 4.78 is 6.30. The van der Waals surface area contributed by atoms with Crippen LogP contribution in [0.3, 0.4) is 0 Å². The van der Waals surface area contributed by atoms with E-state index in [0.29, 0.717) is 5.75 Å². The number of ether oxygens (including phenoxy) is 1. The van der Waals surface area contributed by atoms with Crippen molar-refractivity contribution in [1.82, 2.24) is 0 Å². The summed E-state index contributed by atoms with van der Waals surface area (Å²) in [6, 6.07) is 38.7. The van der Waals surface area contributed by atoms with Gasteiger partial charge in [0.15, 0.2) is 0 Å². The predicted octanol–water partition coefficient (Wildman–Crippen LogP) is 9.30. The number of hydrogen-bond donors (Lipinski definition) is 4. The maximum absolute atomic E-state index is 9.46. The number of rotatable bonds is 3. The normalized spacial score (nSPS) is 16.6. The van der Waals surface area contributed by atoms with Crippen LogP contribution in [0.1, 0.15) is 64.7 Å². The zero-order valence-corrected chi connectivity index (χ0v) is 26.0. The molecule has 0 radical (unpaired) electrons. The molecule has 1 unspecified atom stereocenters. The lowest BCUT2D eigenvalue weighted by Gasteiger charge is -2.44. The van der Waals surface area contributed by atoms with Gasteiger partial charge in [0, 0.05) is 11.8 Å². The summed E-state index contributed by atoms with van der Waals surface area (Å²) in [5, 5.41) is 36.7. The Bertz CT molecular complexity index is 1580. The number of benzene rings is 5. The van der Waals surface area contributed by atoms with Gasteiger partial charge in [-0.05, 0) is 89.2 Å². The van der Waals surface area contributed by atoms with Gasteiger partial charge in [0.2, 0.25) is 0 Å². The number of phenolic OH excluding ortho intramolecular Hbond substituents is 4. The Morgan fingerprint density at radius 1 is 0.545 bits per heavy atom. The fourth-order valence-electron chi connectivity index (χ4n) is 5.66. The fraction of sp³-hybridized carbons (Fsp3) is 0.231. The molecule has 0 bridgehead atoms. The van der Waals surface area contributed by atoms with Crippen LogP contribution >= 0.6 is 0 Å². The molecule has 1 atom stereocenters. The molecule has 5 heteroatoms. The molecular weight excluding hydrogens is 548 g/mol. The molecule has 5 aromatic carbocycles. The minimum absolute atomic E-state index is 0. The van der Waals surface area contributed by atoms with Crippen molar-refractivity contribution in [2.45, 2.75) is 57.5 Å². The summed E-state index contributed by atoms with van der Waals surface area (Å²) in [4.78, 5) is 0. The topological polar surface area (TPSA) is 90.2 Å². The quantitative estimate of drug-likeness (QED) is 0.168. The van der Waals surface area contributed by atoms with Gasteiger partial charge in [0.05, 0.1) is 0 Å². The fourth-order valence-corrected chi connectivity index (χ4v) is 5.66. The van der Waals surface area contributed by atoms with Crippen molar-refractivity contribution >= 4 is 0 Å². The Labute approximate surface area is 262 Å². The molecule has 5 aromatic rings. The van der Waals surface area contributed by atoms with E-state index in [-0.39, 0.29) is 35.1 Å². The van der Waals surface area contributed by atoms with Crippen molar-refractivity contribution in [2.24, 2.45) is 0 Å². The highest BCUT2D eigenvalue weighted by Crippen LogP contribution is 2.48. The van der Waals surface area contributed by atoms with Crippen LogP contribution in [0.4, 0.5) is 0 Å². The van der Waals surface area contributed by atoms with Gasteiger partial charge in [-0.3, -0.25) is 0 Å². The zero-order valence-electron chi connectivity index (χ0n) is 27.0. The van der Waals surface area contributed by atoms with E-state index in [1.165, 1.54) is 5.56 Å². The minimum atomic E-state index is -0.369. The Kier molecular flexibility index (Phi) is 9.59. The van der Waals surface area contributed by atoms with Crippen molar-refractivity contribution in [2.75, 3.05) is 0 Å². The smallest absolute Gasteiger partial charge is 0.508 e. The summed E-state index contributed by atoms with van der Waals surface area (Å²) in [6.45, 7) is 10.9. The maximum Gasteiger partial charge on any atom is 1.00 e. The average Bonchev–Trinajstić information content (AvgIpc) is 2.98. The first-order valence-electron chi connectivity index (χ1n) is 14.7. The second kappa shape index (κ2) is 13.2. The van der Waals surface area contributed by atoms with Crippen LogP contribution in [-0.4, -0.2) is 20.4 Å².